The van der Waals surface area contributed by atoms with Gasteiger partial charge in [-0.05, 0) is 47.0 Å². The van der Waals surface area contributed by atoms with Crippen LogP contribution < -0.4 is 10.1 Å². The Hall–Kier alpha value is -1.08. The van der Waals surface area contributed by atoms with Gasteiger partial charge >= 0.3 is 0 Å². The quantitative estimate of drug-likeness (QED) is 0.886. The van der Waals surface area contributed by atoms with Crippen LogP contribution in [0.1, 0.15) is 23.2 Å². The molecule has 5 nitrogen and oxygen atoms in total. The number of benzene rings is 1. The van der Waals surface area contributed by atoms with Gasteiger partial charge in [0.05, 0.1) is 22.6 Å². The molecule has 1 aromatic carbocycles. The van der Waals surface area contributed by atoms with Crippen LogP contribution >= 0.6 is 15.9 Å². The number of halogens is 1. The van der Waals surface area contributed by atoms with E-state index in [1.54, 1.807) is 25.3 Å². The molecule has 1 amide bonds. The van der Waals surface area contributed by atoms with Crippen LogP contribution in [0.15, 0.2) is 22.7 Å². The zero-order valence-electron chi connectivity index (χ0n) is 11.1. The van der Waals surface area contributed by atoms with Crippen molar-refractivity contribution in [2.75, 3.05) is 19.4 Å². The lowest BCUT2D eigenvalue weighted by Gasteiger charge is -2.11. The first-order valence-corrected chi connectivity index (χ1v) is 8.78. The maximum Gasteiger partial charge on any atom is 0.251 e. The molecule has 1 atom stereocenters. The second-order valence-corrected chi connectivity index (χ2v) is 7.95. The second-order valence-electron chi connectivity index (χ2n) is 4.69. The highest BCUT2D eigenvalue weighted by Gasteiger charge is 2.31. The summed E-state index contributed by atoms with van der Waals surface area (Å²) in [7, 11) is -1.48. The first-order chi connectivity index (χ1) is 9.44. The normalized spacial score (nSPS) is 20.6. The molecule has 0 bridgehead atoms. The van der Waals surface area contributed by atoms with Crippen LogP contribution in [0.3, 0.4) is 0 Å². The van der Waals surface area contributed by atoms with Gasteiger partial charge in [-0.3, -0.25) is 4.79 Å². The average Bonchev–Trinajstić information content (AvgIpc) is 2.74. The van der Waals surface area contributed by atoms with Gasteiger partial charge in [0.1, 0.15) is 5.75 Å². The lowest BCUT2D eigenvalue weighted by atomic mass is 10.2. The van der Waals surface area contributed by atoms with Gasteiger partial charge in [-0.25, -0.2) is 8.42 Å². The molecule has 2 rings (SSSR count). The van der Waals surface area contributed by atoms with E-state index in [-0.39, 0.29) is 18.2 Å². The van der Waals surface area contributed by atoms with Gasteiger partial charge in [-0.15, -0.1) is 0 Å². The minimum atomic E-state index is -3.03. The fraction of sp³-hybridized carbons (Fsp3) is 0.462. The summed E-state index contributed by atoms with van der Waals surface area (Å²) in [5, 5.41) is 2.23. The van der Waals surface area contributed by atoms with Crippen molar-refractivity contribution in [1.82, 2.24) is 5.32 Å². The van der Waals surface area contributed by atoms with E-state index in [2.05, 4.69) is 21.2 Å². The van der Waals surface area contributed by atoms with Gasteiger partial charge < -0.3 is 10.1 Å². The van der Waals surface area contributed by atoms with E-state index in [0.29, 0.717) is 28.6 Å². The molecule has 0 aliphatic carbocycles. The number of hydrogen-bond acceptors (Lipinski definition) is 4. The summed E-state index contributed by atoms with van der Waals surface area (Å²) in [6, 6.07) is 4.98. The smallest absolute Gasteiger partial charge is 0.251 e. The zero-order chi connectivity index (χ0) is 14.8. The van der Waals surface area contributed by atoms with Crippen molar-refractivity contribution >= 4 is 31.7 Å². The average molecular weight is 362 g/mol. The van der Waals surface area contributed by atoms with Crippen LogP contribution in [0.2, 0.25) is 0 Å². The van der Waals surface area contributed by atoms with Gasteiger partial charge in [-0.1, -0.05) is 0 Å². The number of sulfone groups is 1. The van der Waals surface area contributed by atoms with Crippen molar-refractivity contribution in [3.8, 4) is 5.75 Å². The monoisotopic (exact) mass is 361 g/mol. The van der Waals surface area contributed by atoms with Crippen molar-refractivity contribution in [2.24, 2.45) is 0 Å². The molecule has 0 radical (unpaired) electrons. The molecule has 20 heavy (non-hydrogen) atoms. The van der Waals surface area contributed by atoms with E-state index < -0.39 is 15.1 Å². The predicted molar refractivity (Wildman–Crippen MR) is 79.8 cm³/mol. The van der Waals surface area contributed by atoms with Gasteiger partial charge in [0.25, 0.3) is 5.91 Å². The molecule has 1 unspecified atom stereocenters. The largest absolute Gasteiger partial charge is 0.496 e. The van der Waals surface area contributed by atoms with Crippen molar-refractivity contribution in [3.05, 3.63) is 28.2 Å². The molecule has 0 aromatic heterocycles. The number of hydrogen-bond donors (Lipinski definition) is 1. The molecule has 0 spiro atoms. The first kappa shape index (κ1) is 15.3. The van der Waals surface area contributed by atoms with E-state index in [4.69, 9.17) is 4.74 Å². The second kappa shape index (κ2) is 6.13. The molecule has 1 aliphatic rings. The topological polar surface area (TPSA) is 72.5 Å². The number of rotatable bonds is 4. The highest BCUT2D eigenvalue weighted by molar-refractivity contribution is 9.10. The van der Waals surface area contributed by atoms with E-state index >= 15 is 0 Å². The molecule has 1 N–H and O–H groups in total. The van der Waals surface area contributed by atoms with E-state index in [1.807, 2.05) is 0 Å². The fourth-order valence-corrected chi connectivity index (χ4v) is 4.51. The van der Waals surface area contributed by atoms with Crippen molar-refractivity contribution < 1.29 is 17.9 Å². The summed E-state index contributed by atoms with van der Waals surface area (Å²) in [5.41, 5.74) is 0.466. The van der Waals surface area contributed by atoms with Gasteiger partial charge in [0.15, 0.2) is 9.84 Å². The third-order valence-corrected chi connectivity index (χ3v) is 6.26. The summed E-state index contributed by atoms with van der Waals surface area (Å²) in [6.45, 7) is 0.171. The molecular formula is C13H16BrNO4S. The number of methoxy groups -OCH3 is 1. The highest BCUT2D eigenvalue weighted by atomic mass is 79.9. The molecular weight excluding hydrogens is 346 g/mol. The molecule has 1 heterocycles. The van der Waals surface area contributed by atoms with Crippen LogP contribution in [0.25, 0.3) is 0 Å². The summed E-state index contributed by atoms with van der Waals surface area (Å²) >= 11 is 3.31. The molecule has 1 fully saturated rings. The minimum absolute atomic E-state index is 0.171. The molecule has 1 saturated heterocycles. The van der Waals surface area contributed by atoms with Crippen LogP contribution in [-0.2, 0) is 9.84 Å². The Morgan fingerprint density at radius 3 is 2.80 bits per heavy atom. The zero-order valence-corrected chi connectivity index (χ0v) is 13.5. The number of carbonyl (C=O) groups excluding carboxylic acids is 1. The Kier molecular flexibility index (Phi) is 4.70. The van der Waals surface area contributed by atoms with Crippen molar-refractivity contribution in [3.63, 3.8) is 0 Å². The SMILES string of the molecule is COc1ccc(C(=O)NCC2CCCS2(=O)=O)cc1Br. The highest BCUT2D eigenvalue weighted by Crippen LogP contribution is 2.25. The van der Waals surface area contributed by atoms with Gasteiger partial charge in [0, 0.05) is 12.1 Å². The Bertz CT molecular complexity index is 615. The number of amides is 1. The lowest BCUT2D eigenvalue weighted by molar-refractivity contribution is 0.0953. The maximum atomic E-state index is 12.0. The molecule has 0 saturated carbocycles. The number of ether oxygens (including phenoxy) is 1. The third-order valence-electron chi connectivity index (χ3n) is 3.37. The minimum Gasteiger partial charge on any atom is -0.496 e. The molecule has 110 valence electrons. The van der Waals surface area contributed by atoms with E-state index in [1.165, 1.54) is 0 Å². The number of nitrogens with one attached hydrogen (secondary N) is 1. The summed E-state index contributed by atoms with van der Waals surface area (Å²) in [5.74, 6) is 0.581. The van der Waals surface area contributed by atoms with Crippen molar-refractivity contribution in [2.45, 2.75) is 18.1 Å². The standard InChI is InChI=1S/C13H16BrNO4S/c1-19-12-5-4-9(7-11(12)14)13(16)15-8-10-3-2-6-20(10,17)18/h4-5,7,10H,2-3,6,8H2,1H3,(H,15,16). The summed E-state index contributed by atoms with van der Waals surface area (Å²) < 4.78 is 29.1. The lowest BCUT2D eigenvalue weighted by Crippen LogP contribution is -2.34. The molecule has 1 aliphatic heterocycles. The van der Waals surface area contributed by atoms with Gasteiger partial charge in [-0.2, -0.15) is 0 Å². The Morgan fingerprint density at radius 1 is 1.50 bits per heavy atom. The van der Waals surface area contributed by atoms with Gasteiger partial charge in [0.2, 0.25) is 0 Å². The van der Waals surface area contributed by atoms with E-state index in [0.717, 1.165) is 0 Å². The van der Waals surface area contributed by atoms with E-state index in [9.17, 15) is 13.2 Å². The van der Waals surface area contributed by atoms with Crippen LogP contribution in [0, 0.1) is 0 Å². The fourth-order valence-electron chi connectivity index (χ4n) is 2.20. The predicted octanol–water partition coefficient (Wildman–Crippen LogP) is 1.76. The summed E-state index contributed by atoms with van der Waals surface area (Å²) in [4.78, 5) is 12.0. The molecule has 7 heteroatoms. The maximum absolute atomic E-state index is 12.0. The van der Waals surface area contributed by atoms with Crippen LogP contribution in [0.5, 0.6) is 5.75 Å². The Balaban J connectivity index is 2.00. The third kappa shape index (κ3) is 3.32. The van der Waals surface area contributed by atoms with Crippen molar-refractivity contribution in [1.29, 1.82) is 0 Å². The Labute approximate surface area is 126 Å². The Morgan fingerprint density at radius 2 is 2.25 bits per heavy atom. The van der Waals surface area contributed by atoms with Crippen LogP contribution in [-0.4, -0.2) is 39.0 Å². The first-order valence-electron chi connectivity index (χ1n) is 6.27. The van der Waals surface area contributed by atoms with Crippen LogP contribution in [0.4, 0.5) is 0 Å². The number of carbonyl (C=O) groups is 1. The molecule has 1 aromatic rings. The summed E-state index contributed by atoms with van der Waals surface area (Å²) in [6.07, 6.45) is 1.30.